The Morgan fingerprint density at radius 3 is 2.90 bits per heavy atom. The minimum Gasteiger partial charge on any atom is -0.481 e. The second-order valence-corrected chi connectivity index (χ2v) is 4.61. The second-order valence-electron chi connectivity index (χ2n) is 4.61. The van der Waals surface area contributed by atoms with E-state index in [2.05, 4.69) is 16.5 Å². The van der Waals surface area contributed by atoms with E-state index in [1.165, 1.54) is 0 Å². The van der Waals surface area contributed by atoms with Crippen LogP contribution in [0.3, 0.4) is 0 Å². The molecular weight excluding hydrogens is 252 g/mol. The highest BCUT2D eigenvalue weighted by Crippen LogP contribution is 2.20. The molecule has 0 amide bonds. The third-order valence-electron chi connectivity index (χ3n) is 3.17. The zero-order valence-electron chi connectivity index (χ0n) is 12.0. The minimum absolute atomic E-state index is 0.680. The average Bonchev–Trinajstić information content (AvgIpc) is 2.73. The van der Waals surface area contributed by atoms with Gasteiger partial charge in [-0.3, -0.25) is 0 Å². The molecule has 0 atom stereocenters. The van der Waals surface area contributed by atoms with Gasteiger partial charge in [-0.05, 0) is 24.6 Å². The van der Waals surface area contributed by atoms with Crippen LogP contribution < -0.4 is 10.1 Å². The van der Waals surface area contributed by atoms with Gasteiger partial charge in [0.05, 0.1) is 30.0 Å². The summed E-state index contributed by atoms with van der Waals surface area (Å²) in [4.78, 5) is 0. The maximum Gasteiger partial charge on any atom is 0.216 e. The van der Waals surface area contributed by atoms with Gasteiger partial charge in [0.25, 0.3) is 0 Å². The van der Waals surface area contributed by atoms with Gasteiger partial charge >= 0.3 is 0 Å². The van der Waals surface area contributed by atoms with Gasteiger partial charge in [-0.15, -0.1) is 0 Å². The second kappa shape index (κ2) is 6.22. The van der Waals surface area contributed by atoms with Crippen molar-refractivity contribution in [1.29, 1.82) is 5.26 Å². The van der Waals surface area contributed by atoms with Crippen LogP contribution in [0.2, 0.25) is 0 Å². The van der Waals surface area contributed by atoms with Gasteiger partial charge in [0.1, 0.15) is 0 Å². The molecule has 1 N–H and O–H groups in total. The molecule has 0 aliphatic carbocycles. The number of aromatic nitrogens is 2. The summed E-state index contributed by atoms with van der Waals surface area (Å²) in [5.41, 5.74) is 3.79. The van der Waals surface area contributed by atoms with E-state index in [4.69, 9.17) is 10.00 Å². The summed E-state index contributed by atoms with van der Waals surface area (Å²) < 4.78 is 7.09. The summed E-state index contributed by atoms with van der Waals surface area (Å²) >= 11 is 0. The van der Waals surface area contributed by atoms with Crippen LogP contribution >= 0.6 is 0 Å². The largest absolute Gasteiger partial charge is 0.481 e. The lowest BCUT2D eigenvalue weighted by molar-refractivity contribution is 0.368. The monoisotopic (exact) mass is 270 g/mol. The number of benzene rings is 1. The Morgan fingerprint density at radius 1 is 1.40 bits per heavy atom. The molecule has 1 heterocycles. The molecule has 0 radical (unpaired) electrons. The first-order chi connectivity index (χ1) is 9.65. The predicted molar refractivity (Wildman–Crippen MR) is 76.2 cm³/mol. The summed E-state index contributed by atoms with van der Waals surface area (Å²) in [6.07, 6.45) is 0. The third kappa shape index (κ3) is 2.98. The number of nitrogens with one attached hydrogen (secondary N) is 1. The molecule has 5 nitrogen and oxygen atoms in total. The van der Waals surface area contributed by atoms with E-state index in [1.807, 2.05) is 32.2 Å². The first-order valence-corrected chi connectivity index (χ1v) is 6.42. The normalized spacial score (nSPS) is 10.3. The predicted octanol–water partition coefficient (Wildman–Crippen LogP) is 1.90. The zero-order chi connectivity index (χ0) is 14.5. The maximum atomic E-state index is 8.87. The van der Waals surface area contributed by atoms with E-state index in [9.17, 15) is 0 Å². The number of nitriles is 1. The van der Waals surface area contributed by atoms with Gasteiger partial charge in [-0.1, -0.05) is 12.1 Å². The fraction of sp³-hybridized carbons (Fsp3) is 0.333. The van der Waals surface area contributed by atoms with Crippen LogP contribution in [-0.4, -0.2) is 16.9 Å². The van der Waals surface area contributed by atoms with Crippen molar-refractivity contribution < 1.29 is 4.74 Å². The number of hydrogen-bond donors (Lipinski definition) is 1. The molecule has 20 heavy (non-hydrogen) atoms. The Bertz CT molecular complexity index is 640. The van der Waals surface area contributed by atoms with Crippen molar-refractivity contribution in [2.45, 2.75) is 20.0 Å². The van der Waals surface area contributed by atoms with Crippen LogP contribution in [0.25, 0.3) is 0 Å². The molecule has 1 aromatic carbocycles. The summed E-state index contributed by atoms with van der Waals surface area (Å²) in [7, 11) is 3.52. The van der Waals surface area contributed by atoms with Crippen LogP contribution in [0, 0.1) is 18.3 Å². The Balaban J connectivity index is 2.01. The smallest absolute Gasteiger partial charge is 0.216 e. The lowest BCUT2D eigenvalue weighted by Gasteiger charge is -2.07. The number of rotatable bonds is 5. The summed E-state index contributed by atoms with van der Waals surface area (Å²) in [5, 5.41) is 16.6. The molecule has 0 bridgehead atoms. The fourth-order valence-corrected chi connectivity index (χ4v) is 2.22. The Hall–Kier alpha value is -2.32. The van der Waals surface area contributed by atoms with Crippen molar-refractivity contribution in [1.82, 2.24) is 15.1 Å². The van der Waals surface area contributed by atoms with Crippen LogP contribution in [0.15, 0.2) is 24.3 Å². The average molecular weight is 270 g/mol. The Kier molecular flexibility index (Phi) is 4.38. The summed E-state index contributed by atoms with van der Waals surface area (Å²) in [6.45, 7) is 3.35. The topological polar surface area (TPSA) is 62.9 Å². The lowest BCUT2D eigenvalue weighted by atomic mass is 10.1. The van der Waals surface area contributed by atoms with E-state index >= 15 is 0 Å². The number of methoxy groups -OCH3 is 1. The Labute approximate surface area is 118 Å². The van der Waals surface area contributed by atoms with E-state index in [0.29, 0.717) is 18.7 Å². The maximum absolute atomic E-state index is 8.87. The molecule has 0 aliphatic heterocycles. The molecule has 0 fully saturated rings. The van der Waals surface area contributed by atoms with Crippen molar-refractivity contribution in [3.63, 3.8) is 0 Å². The molecule has 2 rings (SSSR count). The number of nitrogens with zero attached hydrogens (tertiary/aromatic N) is 3. The number of hydrogen-bond acceptors (Lipinski definition) is 4. The first kappa shape index (κ1) is 14.1. The molecule has 104 valence electrons. The van der Waals surface area contributed by atoms with Crippen molar-refractivity contribution in [3.05, 3.63) is 46.6 Å². The van der Waals surface area contributed by atoms with Gasteiger partial charge in [-0.2, -0.15) is 10.4 Å². The molecule has 5 heteroatoms. The Morgan fingerprint density at radius 2 is 2.20 bits per heavy atom. The first-order valence-electron chi connectivity index (χ1n) is 6.42. The van der Waals surface area contributed by atoms with Crippen molar-refractivity contribution in [2.75, 3.05) is 7.11 Å². The molecule has 2 aromatic rings. The minimum atomic E-state index is 0.680. The molecule has 0 aliphatic rings. The van der Waals surface area contributed by atoms with Crippen LogP contribution in [0.4, 0.5) is 0 Å². The van der Waals surface area contributed by atoms with Gasteiger partial charge in [-0.25, -0.2) is 4.68 Å². The lowest BCUT2D eigenvalue weighted by Crippen LogP contribution is -2.13. The highest BCUT2D eigenvalue weighted by Gasteiger charge is 2.12. The van der Waals surface area contributed by atoms with E-state index in [1.54, 1.807) is 17.9 Å². The third-order valence-corrected chi connectivity index (χ3v) is 3.17. The molecule has 0 spiro atoms. The van der Waals surface area contributed by atoms with Crippen LogP contribution in [0.1, 0.15) is 22.4 Å². The van der Waals surface area contributed by atoms with E-state index in [-0.39, 0.29) is 0 Å². The highest BCUT2D eigenvalue weighted by molar-refractivity contribution is 5.33. The fourth-order valence-electron chi connectivity index (χ4n) is 2.22. The quantitative estimate of drug-likeness (QED) is 0.901. The molecular formula is C15H18N4O. The summed E-state index contributed by atoms with van der Waals surface area (Å²) in [5.74, 6) is 0.778. The van der Waals surface area contributed by atoms with Gasteiger partial charge < -0.3 is 10.1 Å². The van der Waals surface area contributed by atoms with Crippen molar-refractivity contribution >= 4 is 0 Å². The molecule has 0 saturated heterocycles. The SMILES string of the molecule is COc1c(CNCc2cccc(C#N)c2)c(C)nn1C. The molecule has 0 unspecified atom stereocenters. The summed E-state index contributed by atoms with van der Waals surface area (Å²) in [6, 6.07) is 9.73. The van der Waals surface area contributed by atoms with E-state index in [0.717, 1.165) is 22.7 Å². The number of ether oxygens (including phenoxy) is 1. The van der Waals surface area contributed by atoms with Gasteiger partial charge in [0.15, 0.2) is 0 Å². The van der Waals surface area contributed by atoms with Crippen LogP contribution in [-0.2, 0) is 20.1 Å². The van der Waals surface area contributed by atoms with Crippen LogP contribution in [0.5, 0.6) is 5.88 Å². The van der Waals surface area contributed by atoms with Gasteiger partial charge in [0, 0.05) is 20.1 Å². The molecule has 1 aromatic heterocycles. The standard InChI is InChI=1S/C15H18N4O/c1-11-14(15(20-3)19(2)18-11)10-17-9-13-6-4-5-12(7-13)8-16/h4-7,17H,9-10H2,1-3H3. The van der Waals surface area contributed by atoms with Crippen molar-refractivity contribution in [3.8, 4) is 11.9 Å². The van der Waals surface area contributed by atoms with E-state index < -0.39 is 0 Å². The highest BCUT2D eigenvalue weighted by atomic mass is 16.5. The molecule has 0 saturated carbocycles. The van der Waals surface area contributed by atoms with Gasteiger partial charge in [0.2, 0.25) is 5.88 Å². The zero-order valence-corrected chi connectivity index (χ0v) is 12.0. The number of aryl methyl sites for hydroxylation is 2. The van der Waals surface area contributed by atoms with Crippen molar-refractivity contribution in [2.24, 2.45) is 7.05 Å².